The lowest BCUT2D eigenvalue weighted by Crippen LogP contribution is -3.07. The Hall–Kier alpha value is -2.29. The molecule has 154 valence electrons. The Bertz CT molecular complexity index is 881. The van der Waals surface area contributed by atoms with Gasteiger partial charge in [-0.1, -0.05) is 12.1 Å². The zero-order valence-electron chi connectivity index (χ0n) is 17.3. The summed E-state index contributed by atoms with van der Waals surface area (Å²) in [5.41, 5.74) is 2.17. The van der Waals surface area contributed by atoms with Crippen LogP contribution in [0.15, 0.2) is 47.4 Å². The predicted molar refractivity (Wildman–Crippen MR) is 111 cm³/mol. The van der Waals surface area contributed by atoms with Crippen molar-refractivity contribution < 1.29 is 22.8 Å². The minimum Gasteiger partial charge on any atom is -0.493 e. The fraction of sp³-hybridized carbons (Fsp3) is 0.400. The topological polar surface area (TPSA) is 72.3 Å². The molecule has 1 atom stereocenters. The monoisotopic (exact) mass is 408 g/mol. The maximum absolute atomic E-state index is 12.8. The van der Waals surface area contributed by atoms with Crippen LogP contribution in [-0.2, 0) is 10.0 Å². The summed E-state index contributed by atoms with van der Waals surface area (Å²) in [5, 5.41) is 0. The smallest absolute Gasteiger partial charge is 0.240 e. The van der Waals surface area contributed by atoms with Crippen LogP contribution in [-0.4, -0.2) is 57.4 Å². The van der Waals surface area contributed by atoms with Crippen LogP contribution in [0.5, 0.6) is 11.5 Å². The molecule has 0 bridgehead atoms. The normalized spacial score (nSPS) is 12.7. The summed E-state index contributed by atoms with van der Waals surface area (Å²) in [6.45, 7) is 0.278. The van der Waals surface area contributed by atoms with Gasteiger partial charge in [-0.3, -0.25) is 0 Å². The number of hydrogen-bond acceptors (Lipinski definition) is 5. The van der Waals surface area contributed by atoms with Crippen LogP contribution in [0.1, 0.15) is 11.6 Å². The molecule has 0 saturated heterocycles. The van der Waals surface area contributed by atoms with Crippen LogP contribution in [0.3, 0.4) is 0 Å². The van der Waals surface area contributed by atoms with Gasteiger partial charge in [0.05, 0.1) is 39.8 Å². The molecule has 0 saturated carbocycles. The van der Waals surface area contributed by atoms with Crippen LogP contribution in [0.2, 0.25) is 0 Å². The van der Waals surface area contributed by atoms with Gasteiger partial charge in [0.25, 0.3) is 0 Å². The van der Waals surface area contributed by atoms with Crippen LogP contribution in [0.4, 0.5) is 5.69 Å². The van der Waals surface area contributed by atoms with E-state index in [4.69, 9.17) is 9.47 Å². The first-order valence-corrected chi connectivity index (χ1v) is 10.5. The predicted octanol–water partition coefficient (Wildman–Crippen LogP) is 0.934. The fourth-order valence-corrected chi connectivity index (χ4v) is 3.98. The second-order valence-electron chi connectivity index (χ2n) is 6.98. The van der Waals surface area contributed by atoms with Crippen molar-refractivity contribution in [2.24, 2.45) is 0 Å². The van der Waals surface area contributed by atoms with Crippen LogP contribution < -0.4 is 24.0 Å². The molecule has 7 nitrogen and oxygen atoms in total. The van der Waals surface area contributed by atoms with E-state index in [0.29, 0.717) is 11.5 Å². The number of hydrogen-bond donors (Lipinski definition) is 2. The third kappa shape index (κ3) is 5.15. The molecular weight excluding hydrogens is 378 g/mol. The number of nitrogens with zero attached hydrogens (tertiary/aromatic N) is 1. The molecule has 2 aromatic carbocycles. The van der Waals surface area contributed by atoms with E-state index in [2.05, 4.69) is 4.72 Å². The maximum Gasteiger partial charge on any atom is 0.240 e. The van der Waals surface area contributed by atoms with Crippen molar-refractivity contribution in [1.29, 1.82) is 0 Å². The van der Waals surface area contributed by atoms with E-state index in [0.717, 1.165) is 16.2 Å². The number of benzene rings is 2. The summed E-state index contributed by atoms with van der Waals surface area (Å²) in [5.74, 6) is 0.859. The average Bonchev–Trinajstić information content (AvgIpc) is 2.67. The number of nitrogens with one attached hydrogen (secondary N) is 2. The highest BCUT2D eigenvalue weighted by molar-refractivity contribution is 7.89. The molecule has 0 aliphatic rings. The second-order valence-corrected chi connectivity index (χ2v) is 8.75. The van der Waals surface area contributed by atoms with Gasteiger partial charge in [-0.05, 0) is 24.3 Å². The van der Waals surface area contributed by atoms with Gasteiger partial charge in [0.15, 0.2) is 11.5 Å². The molecule has 0 heterocycles. The molecule has 2 aromatic rings. The summed E-state index contributed by atoms with van der Waals surface area (Å²) in [4.78, 5) is 3.30. The Balaban J connectivity index is 2.20. The molecule has 0 aromatic heterocycles. The Morgan fingerprint density at radius 2 is 1.61 bits per heavy atom. The van der Waals surface area contributed by atoms with Gasteiger partial charge in [0.2, 0.25) is 10.0 Å². The first-order valence-electron chi connectivity index (χ1n) is 8.98. The highest BCUT2D eigenvalue weighted by atomic mass is 32.2. The van der Waals surface area contributed by atoms with E-state index in [9.17, 15) is 8.42 Å². The van der Waals surface area contributed by atoms with E-state index >= 15 is 0 Å². The Morgan fingerprint density at radius 1 is 1.00 bits per heavy atom. The molecular formula is C20H30N3O4S+. The number of sulfonamides is 1. The first-order chi connectivity index (χ1) is 13.2. The van der Waals surface area contributed by atoms with Gasteiger partial charge in [-0.15, -0.1) is 0 Å². The molecule has 0 spiro atoms. The summed E-state index contributed by atoms with van der Waals surface area (Å²) >= 11 is 0. The highest BCUT2D eigenvalue weighted by Gasteiger charge is 2.23. The SMILES string of the molecule is COc1ccc(S(=O)(=O)NC[C@@H](c2ccc(N(C)C)cc2)[NH+](C)C)cc1OC. The van der Waals surface area contributed by atoms with Gasteiger partial charge < -0.3 is 19.3 Å². The van der Waals surface area contributed by atoms with Crippen molar-refractivity contribution in [3.05, 3.63) is 48.0 Å². The molecule has 2 rings (SSSR count). The van der Waals surface area contributed by atoms with E-state index in [1.807, 2.05) is 57.4 Å². The van der Waals surface area contributed by atoms with Crippen molar-refractivity contribution in [2.45, 2.75) is 10.9 Å². The van der Waals surface area contributed by atoms with Crippen LogP contribution >= 0.6 is 0 Å². The van der Waals surface area contributed by atoms with Gasteiger partial charge in [-0.2, -0.15) is 0 Å². The second kappa shape index (κ2) is 9.27. The molecule has 0 aliphatic carbocycles. The molecule has 0 unspecified atom stereocenters. The molecule has 0 aliphatic heterocycles. The summed E-state index contributed by atoms with van der Waals surface area (Å²) in [6.07, 6.45) is 0. The van der Waals surface area contributed by atoms with Crippen molar-refractivity contribution in [1.82, 2.24) is 4.72 Å². The average molecular weight is 409 g/mol. The summed E-state index contributed by atoms with van der Waals surface area (Å²) in [6, 6.07) is 12.7. The van der Waals surface area contributed by atoms with E-state index in [1.54, 1.807) is 6.07 Å². The quantitative estimate of drug-likeness (QED) is 0.646. The number of anilines is 1. The number of methoxy groups -OCH3 is 2. The van der Waals surface area contributed by atoms with Crippen molar-refractivity contribution in [2.75, 3.05) is 53.9 Å². The van der Waals surface area contributed by atoms with Gasteiger partial charge in [0.1, 0.15) is 6.04 Å². The van der Waals surface area contributed by atoms with Crippen molar-refractivity contribution in [3.8, 4) is 11.5 Å². The largest absolute Gasteiger partial charge is 0.493 e. The molecule has 0 radical (unpaired) electrons. The lowest BCUT2D eigenvalue weighted by Gasteiger charge is -2.23. The van der Waals surface area contributed by atoms with Crippen molar-refractivity contribution >= 4 is 15.7 Å². The molecule has 2 N–H and O–H groups in total. The third-order valence-corrected chi connectivity index (χ3v) is 6.07. The van der Waals surface area contributed by atoms with E-state index in [1.165, 1.54) is 26.4 Å². The minimum absolute atomic E-state index is 0.0221. The lowest BCUT2D eigenvalue weighted by molar-refractivity contribution is -0.890. The van der Waals surface area contributed by atoms with Crippen LogP contribution in [0.25, 0.3) is 0 Å². The van der Waals surface area contributed by atoms with E-state index < -0.39 is 10.0 Å². The van der Waals surface area contributed by atoms with Gasteiger partial charge >= 0.3 is 0 Å². The third-order valence-electron chi connectivity index (χ3n) is 4.65. The van der Waals surface area contributed by atoms with Gasteiger partial charge in [0, 0.05) is 31.4 Å². The molecule has 8 heteroatoms. The van der Waals surface area contributed by atoms with E-state index in [-0.39, 0.29) is 17.5 Å². The molecule has 0 fully saturated rings. The Kier molecular flexibility index (Phi) is 7.29. The Labute approximate surface area is 167 Å². The lowest BCUT2D eigenvalue weighted by atomic mass is 10.1. The Morgan fingerprint density at radius 3 is 2.11 bits per heavy atom. The number of quaternary nitrogens is 1. The van der Waals surface area contributed by atoms with Crippen molar-refractivity contribution in [3.63, 3.8) is 0 Å². The molecule has 0 amide bonds. The fourth-order valence-electron chi connectivity index (χ4n) is 2.92. The highest BCUT2D eigenvalue weighted by Crippen LogP contribution is 2.29. The number of likely N-dealkylation sites (N-methyl/N-ethyl adjacent to an activating group) is 1. The number of rotatable bonds is 9. The maximum atomic E-state index is 12.8. The summed E-state index contributed by atoms with van der Waals surface area (Å²) in [7, 11) is 7.30. The standard InChI is InChI=1S/C20H29N3O4S/c1-22(2)16-9-7-15(8-10-16)18(23(3)4)14-21-28(24,25)17-11-12-19(26-5)20(13-17)27-6/h7-13,18,21H,14H2,1-6H3/p+1/t18-/m0/s1. The minimum atomic E-state index is -3.68. The zero-order chi connectivity index (χ0) is 20.9. The number of ether oxygens (including phenoxy) is 2. The zero-order valence-corrected chi connectivity index (χ0v) is 18.1. The van der Waals surface area contributed by atoms with Crippen LogP contribution in [0, 0.1) is 0 Å². The van der Waals surface area contributed by atoms with Gasteiger partial charge in [-0.25, -0.2) is 13.1 Å². The summed E-state index contributed by atoms with van der Waals surface area (Å²) < 4.78 is 38.7. The molecule has 28 heavy (non-hydrogen) atoms. The first kappa shape index (κ1) is 22.0.